The number of aliphatic hydroxyl groups is 1. The molecule has 0 bridgehead atoms. The van der Waals surface area contributed by atoms with E-state index in [1.807, 2.05) is 0 Å². The number of β-amino-alcohol motifs (C(OH)–C–C–N with tert-alkyl or cyclic N) is 1. The number of aliphatic carboxylic acids is 1. The third-order valence-corrected chi connectivity index (χ3v) is 3.72. The van der Waals surface area contributed by atoms with Crippen LogP contribution in [0.4, 0.5) is 5.00 Å². The minimum Gasteiger partial charge on any atom is -0.480 e. The monoisotopic (exact) mass is 286 g/mol. The van der Waals surface area contributed by atoms with Crippen LogP contribution in [0.3, 0.4) is 0 Å². The normalized spacial score (nSPS) is 22.5. The smallest absolute Gasteiger partial charge is 0.326 e. The van der Waals surface area contributed by atoms with Gasteiger partial charge in [0.1, 0.15) is 6.04 Å². The molecule has 1 saturated heterocycles. The Hall–Kier alpha value is -2.00. The van der Waals surface area contributed by atoms with Gasteiger partial charge in [-0.25, -0.2) is 4.79 Å². The van der Waals surface area contributed by atoms with E-state index >= 15 is 0 Å². The van der Waals surface area contributed by atoms with Gasteiger partial charge in [0.15, 0.2) is 0 Å². The zero-order valence-corrected chi connectivity index (χ0v) is 10.4. The second kappa shape index (κ2) is 4.94. The third-order valence-electron chi connectivity index (χ3n) is 2.84. The summed E-state index contributed by atoms with van der Waals surface area (Å²) in [5.41, 5.74) is 0.0667. The molecule has 0 spiro atoms. The Morgan fingerprint density at radius 1 is 1.53 bits per heavy atom. The van der Waals surface area contributed by atoms with E-state index in [4.69, 9.17) is 5.11 Å². The van der Waals surface area contributed by atoms with Gasteiger partial charge in [-0.15, -0.1) is 0 Å². The van der Waals surface area contributed by atoms with E-state index in [0.29, 0.717) is 0 Å². The van der Waals surface area contributed by atoms with Gasteiger partial charge in [0.2, 0.25) is 0 Å². The van der Waals surface area contributed by atoms with E-state index in [9.17, 15) is 24.8 Å². The van der Waals surface area contributed by atoms with E-state index < -0.39 is 28.9 Å². The molecular weight excluding hydrogens is 276 g/mol. The average Bonchev–Trinajstić information content (AvgIpc) is 2.94. The van der Waals surface area contributed by atoms with Crippen LogP contribution >= 0.6 is 11.3 Å². The molecular formula is C10H10N2O6S. The van der Waals surface area contributed by atoms with Crippen molar-refractivity contribution in [3.05, 3.63) is 27.1 Å². The fourth-order valence-electron chi connectivity index (χ4n) is 1.97. The van der Waals surface area contributed by atoms with Crippen LogP contribution in [0.5, 0.6) is 0 Å². The van der Waals surface area contributed by atoms with E-state index in [-0.39, 0.29) is 23.5 Å². The van der Waals surface area contributed by atoms with E-state index in [2.05, 4.69) is 0 Å². The van der Waals surface area contributed by atoms with Crippen LogP contribution < -0.4 is 0 Å². The summed E-state index contributed by atoms with van der Waals surface area (Å²) in [4.78, 5) is 34.0. The Labute approximate surface area is 111 Å². The van der Waals surface area contributed by atoms with Crippen LogP contribution in [-0.2, 0) is 4.79 Å². The maximum absolute atomic E-state index is 12.1. The number of hydrogen-bond acceptors (Lipinski definition) is 6. The number of nitro groups is 1. The lowest BCUT2D eigenvalue weighted by Crippen LogP contribution is -2.40. The number of rotatable bonds is 3. The summed E-state index contributed by atoms with van der Waals surface area (Å²) >= 11 is 0.799. The molecule has 1 fully saturated rings. The lowest BCUT2D eigenvalue weighted by atomic mass is 10.2. The predicted octanol–water partition coefficient (Wildman–Crippen LogP) is 0.316. The van der Waals surface area contributed by atoms with Crippen molar-refractivity contribution in [2.45, 2.75) is 18.6 Å². The molecule has 2 N–H and O–H groups in total. The number of carbonyl (C=O) groups is 2. The third kappa shape index (κ3) is 2.56. The molecule has 19 heavy (non-hydrogen) atoms. The SMILES string of the molecule is O=C(O)[C@@H]1C[C@H](O)CN1C(=O)c1csc([N+](=O)[O-])c1. The number of carboxylic acids is 1. The Morgan fingerprint density at radius 2 is 2.21 bits per heavy atom. The highest BCUT2D eigenvalue weighted by atomic mass is 32.1. The number of likely N-dealkylation sites (tertiary alicyclic amines) is 1. The summed E-state index contributed by atoms with van der Waals surface area (Å²) in [6, 6.07) is 0.0119. The first-order chi connectivity index (χ1) is 8.90. The molecule has 2 atom stereocenters. The van der Waals surface area contributed by atoms with Crippen molar-refractivity contribution in [1.82, 2.24) is 4.90 Å². The average molecular weight is 286 g/mol. The second-order valence-electron chi connectivity index (χ2n) is 4.13. The highest BCUT2D eigenvalue weighted by Crippen LogP contribution is 2.26. The zero-order chi connectivity index (χ0) is 14.2. The molecule has 2 rings (SSSR count). The minimum atomic E-state index is -1.20. The summed E-state index contributed by atoms with van der Waals surface area (Å²) < 4.78 is 0. The molecule has 0 aliphatic carbocycles. The number of amides is 1. The number of carboxylic acid groups (broad SMARTS) is 1. The molecule has 0 aromatic carbocycles. The number of carbonyl (C=O) groups excluding carboxylic acids is 1. The minimum absolute atomic E-state index is 0.0344. The van der Waals surface area contributed by atoms with Gasteiger partial charge < -0.3 is 15.1 Å². The van der Waals surface area contributed by atoms with Gasteiger partial charge >= 0.3 is 11.0 Å². The van der Waals surface area contributed by atoms with Crippen molar-refractivity contribution in [2.75, 3.05) is 6.54 Å². The molecule has 0 radical (unpaired) electrons. The van der Waals surface area contributed by atoms with Crippen molar-refractivity contribution in [3.63, 3.8) is 0 Å². The molecule has 1 aromatic rings. The molecule has 1 amide bonds. The molecule has 1 aliphatic heterocycles. The van der Waals surface area contributed by atoms with Crippen LogP contribution in [-0.4, -0.2) is 50.6 Å². The molecule has 8 nitrogen and oxygen atoms in total. The van der Waals surface area contributed by atoms with E-state index in [0.717, 1.165) is 22.3 Å². The van der Waals surface area contributed by atoms with Crippen molar-refractivity contribution in [2.24, 2.45) is 0 Å². The van der Waals surface area contributed by atoms with E-state index in [1.165, 1.54) is 5.38 Å². The Kier molecular flexibility index (Phi) is 3.49. The lowest BCUT2D eigenvalue weighted by Gasteiger charge is -2.20. The predicted molar refractivity (Wildman–Crippen MR) is 64.1 cm³/mol. The quantitative estimate of drug-likeness (QED) is 0.609. The number of hydrogen-bond donors (Lipinski definition) is 2. The molecule has 102 valence electrons. The Bertz CT molecular complexity index is 542. The highest BCUT2D eigenvalue weighted by Gasteiger charge is 2.39. The summed E-state index contributed by atoms with van der Waals surface area (Å²) in [7, 11) is 0. The highest BCUT2D eigenvalue weighted by molar-refractivity contribution is 7.13. The van der Waals surface area contributed by atoms with Crippen LogP contribution in [0, 0.1) is 10.1 Å². The van der Waals surface area contributed by atoms with Crippen LogP contribution in [0.2, 0.25) is 0 Å². The Balaban J connectivity index is 2.22. The second-order valence-corrected chi connectivity index (χ2v) is 5.02. The topological polar surface area (TPSA) is 121 Å². The number of nitrogens with zero attached hydrogens (tertiary/aromatic N) is 2. The van der Waals surface area contributed by atoms with Gasteiger partial charge in [-0.05, 0) is 0 Å². The molecule has 1 aromatic heterocycles. The van der Waals surface area contributed by atoms with Gasteiger partial charge in [-0.2, -0.15) is 0 Å². The molecule has 0 saturated carbocycles. The largest absolute Gasteiger partial charge is 0.480 e. The van der Waals surface area contributed by atoms with Crippen molar-refractivity contribution >= 4 is 28.2 Å². The van der Waals surface area contributed by atoms with Gasteiger partial charge in [0, 0.05) is 24.4 Å². The maximum atomic E-state index is 12.1. The first-order valence-electron chi connectivity index (χ1n) is 5.35. The first kappa shape index (κ1) is 13.4. The van der Waals surface area contributed by atoms with E-state index in [1.54, 1.807) is 0 Å². The van der Waals surface area contributed by atoms with Gasteiger partial charge in [0.05, 0.1) is 16.6 Å². The van der Waals surface area contributed by atoms with Gasteiger partial charge in [-0.1, -0.05) is 11.3 Å². The van der Waals surface area contributed by atoms with Crippen molar-refractivity contribution in [3.8, 4) is 0 Å². The number of thiophene rings is 1. The molecule has 9 heteroatoms. The fraction of sp³-hybridized carbons (Fsp3) is 0.400. The standard InChI is InChI=1S/C10H10N2O6S/c13-6-2-7(10(15)16)11(3-6)9(14)5-1-8(12(17)18)19-4-5/h1,4,6-7,13H,2-3H2,(H,15,16)/t6-,7-/m0/s1. The van der Waals surface area contributed by atoms with Crippen LogP contribution in [0.1, 0.15) is 16.8 Å². The zero-order valence-electron chi connectivity index (χ0n) is 9.55. The summed E-state index contributed by atoms with van der Waals surface area (Å²) in [6.07, 6.45) is -0.925. The van der Waals surface area contributed by atoms with Gasteiger partial charge in [0.25, 0.3) is 5.91 Å². The maximum Gasteiger partial charge on any atom is 0.326 e. The van der Waals surface area contributed by atoms with Gasteiger partial charge in [-0.3, -0.25) is 14.9 Å². The van der Waals surface area contributed by atoms with Crippen LogP contribution in [0.25, 0.3) is 0 Å². The summed E-state index contributed by atoms with van der Waals surface area (Å²) in [5, 5.41) is 30.1. The van der Waals surface area contributed by atoms with Crippen LogP contribution in [0.15, 0.2) is 11.4 Å². The first-order valence-corrected chi connectivity index (χ1v) is 6.23. The molecule has 1 aliphatic rings. The molecule has 0 unspecified atom stereocenters. The summed E-state index contributed by atoms with van der Waals surface area (Å²) in [5.74, 6) is -1.82. The Morgan fingerprint density at radius 3 is 2.74 bits per heavy atom. The fourth-order valence-corrected chi connectivity index (χ4v) is 2.67. The number of aliphatic hydroxyl groups excluding tert-OH is 1. The summed E-state index contributed by atoms with van der Waals surface area (Å²) in [6.45, 7) is -0.0839. The molecule has 2 heterocycles. The lowest BCUT2D eigenvalue weighted by molar-refractivity contribution is -0.380. The van der Waals surface area contributed by atoms with Crippen molar-refractivity contribution < 1.29 is 24.7 Å². The van der Waals surface area contributed by atoms with Crippen molar-refractivity contribution in [1.29, 1.82) is 0 Å².